The molecule has 0 amide bonds. The Balaban J connectivity index is 2.31. The standard InChI is InChI=1S/C12H13N3O/c1-8-4-2-3-5-9(8)10-6-7-11(12(10)16)14-15-13/h2-6,11-12,16H,7H2,1H3/t11-,12-/m1/s1. The summed E-state index contributed by atoms with van der Waals surface area (Å²) in [5, 5.41) is 13.6. The molecule has 0 spiro atoms. The van der Waals surface area contributed by atoms with Crippen LogP contribution in [0.2, 0.25) is 0 Å². The van der Waals surface area contributed by atoms with Crippen LogP contribution in [0.15, 0.2) is 35.5 Å². The molecule has 82 valence electrons. The first-order valence-electron chi connectivity index (χ1n) is 5.22. The van der Waals surface area contributed by atoms with Crippen LogP contribution in [0.3, 0.4) is 0 Å². The van der Waals surface area contributed by atoms with Gasteiger partial charge >= 0.3 is 0 Å². The molecule has 0 heterocycles. The Bertz CT molecular complexity index is 475. The lowest BCUT2D eigenvalue weighted by Gasteiger charge is -2.14. The van der Waals surface area contributed by atoms with Gasteiger partial charge in [0.25, 0.3) is 0 Å². The molecule has 0 radical (unpaired) electrons. The number of aliphatic hydroxyl groups excluding tert-OH is 1. The van der Waals surface area contributed by atoms with Crippen LogP contribution in [0.1, 0.15) is 17.5 Å². The highest BCUT2D eigenvalue weighted by Crippen LogP contribution is 2.31. The molecular weight excluding hydrogens is 202 g/mol. The van der Waals surface area contributed by atoms with Crippen molar-refractivity contribution in [2.24, 2.45) is 5.11 Å². The van der Waals surface area contributed by atoms with Crippen LogP contribution in [0, 0.1) is 6.92 Å². The minimum absolute atomic E-state index is 0.361. The molecule has 0 bridgehead atoms. The quantitative estimate of drug-likeness (QED) is 0.460. The molecule has 2 rings (SSSR count). The summed E-state index contributed by atoms with van der Waals surface area (Å²) in [6.07, 6.45) is 1.87. The number of benzene rings is 1. The van der Waals surface area contributed by atoms with Crippen molar-refractivity contribution < 1.29 is 5.11 Å². The molecular formula is C12H13N3O. The predicted octanol–water partition coefficient (Wildman–Crippen LogP) is 2.82. The first-order chi connectivity index (χ1) is 7.74. The third kappa shape index (κ3) is 1.81. The van der Waals surface area contributed by atoms with E-state index in [0.717, 1.165) is 16.7 Å². The van der Waals surface area contributed by atoms with Crippen LogP contribution in [0.5, 0.6) is 0 Å². The van der Waals surface area contributed by atoms with Crippen molar-refractivity contribution in [3.05, 3.63) is 51.9 Å². The van der Waals surface area contributed by atoms with Gasteiger partial charge in [-0.2, -0.15) is 0 Å². The lowest BCUT2D eigenvalue weighted by Crippen LogP contribution is -2.19. The van der Waals surface area contributed by atoms with E-state index in [-0.39, 0.29) is 6.04 Å². The highest BCUT2D eigenvalue weighted by atomic mass is 16.3. The number of nitrogens with zero attached hydrogens (tertiary/aromatic N) is 3. The van der Waals surface area contributed by atoms with Crippen molar-refractivity contribution in [3.63, 3.8) is 0 Å². The van der Waals surface area contributed by atoms with Crippen molar-refractivity contribution in [2.75, 3.05) is 0 Å². The number of hydrogen-bond acceptors (Lipinski definition) is 2. The zero-order chi connectivity index (χ0) is 11.5. The molecule has 1 aliphatic carbocycles. The Kier molecular flexibility index (Phi) is 2.95. The lowest BCUT2D eigenvalue weighted by molar-refractivity contribution is 0.210. The SMILES string of the molecule is Cc1ccccc1C1=CC[C@@H](N=[N+]=[N-])[C@@H]1O. The largest absolute Gasteiger partial charge is 0.388 e. The van der Waals surface area contributed by atoms with Crippen LogP contribution in [-0.2, 0) is 0 Å². The Morgan fingerprint density at radius 3 is 2.88 bits per heavy atom. The number of aliphatic hydroxyl groups is 1. The molecule has 0 fully saturated rings. The van der Waals surface area contributed by atoms with Crippen molar-refractivity contribution in [1.82, 2.24) is 0 Å². The first kappa shape index (κ1) is 10.7. The van der Waals surface area contributed by atoms with Crippen LogP contribution in [0.4, 0.5) is 0 Å². The Hall–Kier alpha value is -1.77. The molecule has 1 aliphatic rings. The fourth-order valence-electron chi connectivity index (χ4n) is 2.05. The van der Waals surface area contributed by atoms with E-state index in [1.165, 1.54) is 0 Å². The summed E-state index contributed by atoms with van der Waals surface area (Å²) in [5.74, 6) is 0. The van der Waals surface area contributed by atoms with Gasteiger partial charge in [0, 0.05) is 4.91 Å². The topological polar surface area (TPSA) is 69.0 Å². The van der Waals surface area contributed by atoms with Crippen LogP contribution < -0.4 is 0 Å². The van der Waals surface area contributed by atoms with Crippen LogP contribution in [-0.4, -0.2) is 17.3 Å². The van der Waals surface area contributed by atoms with Crippen LogP contribution >= 0.6 is 0 Å². The van der Waals surface area contributed by atoms with E-state index in [0.29, 0.717) is 6.42 Å². The van der Waals surface area contributed by atoms with E-state index in [1.807, 2.05) is 37.3 Å². The van der Waals surface area contributed by atoms with E-state index in [9.17, 15) is 5.11 Å². The monoisotopic (exact) mass is 215 g/mol. The van der Waals surface area contributed by atoms with Gasteiger partial charge in [0.05, 0.1) is 12.1 Å². The van der Waals surface area contributed by atoms with Gasteiger partial charge in [0.15, 0.2) is 0 Å². The molecule has 1 aromatic rings. The molecule has 4 heteroatoms. The summed E-state index contributed by atoms with van der Waals surface area (Å²) in [4.78, 5) is 2.75. The van der Waals surface area contributed by atoms with Crippen molar-refractivity contribution in [3.8, 4) is 0 Å². The molecule has 1 N–H and O–H groups in total. The van der Waals surface area contributed by atoms with E-state index >= 15 is 0 Å². The summed E-state index contributed by atoms with van der Waals surface area (Å²) in [6.45, 7) is 2.00. The summed E-state index contributed by atoms with van der Waals surface area (Å²) in [7, 11) is 0. The van der Waals surface area contributed by atoms with E-state index in [4.69, 9.17) is 5.53 Å². The Morgan fingerprint density at radius 2 is 2.19 bits per heavy atom. The van der Waals surface area contributed by atoms with Gasteiger partial charge in [-0.25, -0.2) is 0 Å². The maximum absolute atomic E-state index is 10.0. The van der Waals surface area contributed by atoms with Gasteiger partial charge < -0.3 is 5.11 Å². The minimum atomic E-state index is -0.683. The first-order valence-corrected chi connectivity index (χ1v) is 5.22. The Morgan fingerprint density at radius 1 is 1.44 bits per heavy atom. The normalized spacial score (nSPS) is 23.8. The maximum atomic E-state index is 10.0. The predicted molar refractivity (Wildman–Crippen MR) is 62.7 cm³/mol. The lowest BCUT2D eigenvalue weighted by atomic mass is 9.98. The van der Waals surface area contributed by atoms with Gasteiger partial charge in [-0.3, -0.25) is 0 Å². The summed E-state index contributed by atoms with van der Waals surface area (Å²) >= 11 is 0. The zero-order valence-electron chi connectivity index (χ0n) is 9.04. The molecule has 0 saturated heterocycles. The smallest absolute Gasteiger partial charge is 0.0880 e. The van der Waals surface area contributed by atoms with E-state index in [1.54, 1.807) is 0 Å². The van der Waals surface area contributed by atoms with Gasteiger partial charge in [0.1, 0.15) is 0 Å². The van der Waals surface area contributed by atoms with E-state index in [2.05, 4.69) is 10.0 Å². The average molecular weight is 215 g/mol. The third-order valence-electron chi connectivity index (χ3n) is 2.92. The number of aryl methyl sites for hydroxylation is 1. The van der Waals surface area contributed by atoms with Crippen molar-refractivity contribution in [1.29, 1.82) is 0 Å². The fraction of sp³-hybridized carbons (Fsp3) is 0.333. The second-order valence-electron chi connectivity index (χ2n) is 3.93. The van der Waals surface area contributed by atoms with Gasteiger partial charge in [0.2, 0.25) is 0 Å². The third-order valence-corrected chi connectivity index (χ3v) is 2.92. The molecule has 0 unspecified atom stereocenters. The summed E-state index contributed by atoms with van der Waals surface area (Å²) in [5.41, 5.74) is 11.4. The summed E-state index contributed by atoms with van der Waals surface area (Å²) < 4.78 is 0. The maximum Gasteiger partial charge on any atom is 0.0880 e. The average Bonchev–Trinajstić information content (AvgIpc) is 2.62. The Labute approximate surface area is 93.9 Å². The van der Waals surface area contributed by atoms with Gasteiger partial charge in [-0.1, -0.05) is 35.5 Å². The van der Waals surface area contributed by atoms with Crippen LogP contribution in [0.25, 0.3) is 16.0 Å². The van der Waals surface area contributed by atoms with Crippen molar-refractivity contribution in [2.45, 2.75) is 25.5 Å². The highest BCUT2D eigenvalue weighted by molar-refractivity contribution is 5.73. The molecule has 0 saturated carbocycles. The number of hydrogen-bond donors (Lipinski definition) is 1. The molecule has 4 nitrogen and oxygen atoms in total. The molecule has 16 heavy (non-hydrogen) atoms. The van der Waals surface area contributed by atoms with Gasteiger partial charge in [-0.05, 0) is 35.6 Å². The molecule has 1 aromatic carbocycles. The second-order valence-corrected chi connectivity index (χ2v) is 3.93. The zero-order valence-corrected chi connectivity index (χ0v) is 9.04. The van der Waals surface area contributed by atoms with E-state index < -0.39 is 6.10 Å². The fourth-order valence-corrected chi connectivity index (χ4v) is 2.05. The highest BCUT2D eigenvalue weighted by Gasteiger charge is 2.28. The second kappa shape index (κ2) is 4.39. The molecule has 0 aromatic heterocycles. The van der Waals surface area contributed by atoms with Crippen molar-refractivity contribution >= 4 is 5.57 Å². The number of azide groups is 1. The van der Waals surface area contributed by atoms with Gasteiger partial charge in [-0.15, -0.1) is 0 Å². The minimum Gasteiger partial charge on any atom is -0.388 e. The summed E-state index contributed by atoms with van der Waals surface area (Å²) in [6, 6.07) is 7.52. The molecule has 0 aliphatic heterocycles. The number of rotatable bonds is 2. The molecule has 2 atom stereocenters.